The molecule has 3 heteroatoms. The van der Waals surface area contributed by atoms with Crippen molar-refractivity contribution in [1.82, 2.24) is 10.3 Å². The van der Waals surface area contributed by atoms with Crippen LogP contribution in [0.5, 0.6) is 0 Å². The van der Waals surface area contributed by atoms with Crippen molar-refractivity contribution >= 4 is 5.69 Å². The van der Waals surface area contributed by atoms with Crippen LogP contribution < -0.4 is 10.2 Å². The van der Waals surface area contributed by atoms with Gasteiger partial charge in [0.15, 0.2) is 0 Å². The van der Waals surface area contributed by atoms with E-state index in [0.29, 0.717) is 0 Å². The number of aryl methyl sites for hydroxylation is 1. The summed E-state index contributed by atoms with van der Waals surface area (Å²) in [4.78, 5) is 6.87. The zero-order valence-corrected chi connectivity index (χ0v) is 10.5. The maximum Gasteiger partial charge on any atom is 0.0552 e. The lowest BCUT2D eigenvalue weighted by atomic mass is 9.81. The highest BCUT2D eigenvalue weighted by molar-refractivity contribution is 5.44. The van der Waals surface area contributed by atoms with Crippen LogP contribution in [0, 0.1) is 18.8 Å². The molecular formula is C14H21N3. The van der Waals surface area contributed by atoms with Crippen molar-refractivity contribution in [1.29, 1.82) is 0 Å². The number of nitrogens with one attached hydrogen (secondary N) is 1. The van der Waals surface area contributed by atoms with E-state index in [0.717, 1.165) is 17.5 Å². The molecule has 1 N–H and O–H groups in total. The minimum Gasteiger partial charge on any atom is -0.370 e. The average molecular weight is 231 g/mol. The fraction of sp³-hybridized carbons (Fsp3) is 0.643. The predicted octanol–water partition coefficient (Wildman–Crippen LogP) is 1.83. The summed E-state index contributed by atoms with van der Waals surface area (Å²) >= 11 is 0. The Bertz CT molecular complexity index is 362. The molecule has 1 aromatic rings. The van der Waals surface area contributed by atoms with Gasteiger partial charge in [0.25, 0.3) is 0 Å². The van der Waals surface area contributed by atoms with E-state index in [-0.39, 0.29) is 0 Å². The van der Waals surface area contributed by atoms with Crippen molar-refractivity contribution in [3.05, 3.63) is 24.0 Å². The van der Waals surface area contributed by atoms with E-state index in [2.05, 4.69) is 27.3 Å². The maximum absolute atomic E-state index is 4.38. The van der Waals surface area contributed by atoms with E-state index in [4.69, 9.17) is 0 Å². The smallest absolute Gasteiger partial charge is 0.0552 e. The van der Waals surface area contributed by atoms with Gasteiger partial charge >= 0.3 is 0 Å². The second-order valence-corrected chi connectivity index (χ2v) is 5.40. The van der Waals surface area contributed by atoms with Gasteiger partial charge in [0.2, 0.25) is 0 Å². The van der Waals surface area contributed by atoms with Crippen LogP contribution in [0.3, 0.4) is 0 Å². The second kappa shape index (κ2) is 4.65. The number of anilines is 1. The number of pyridine rings is 1. The fourth-order valence-corrected chi connectivity index (χ4v) is 2.92. The monoisotopic (exact) mass is 231 g/mol. The fourth-order valence-electron chi connectivity index (χ4n) is 2.92. The van der Waals surface area contributed by atoms with Gasteiger partial charge in [-0.2, -0.15) is 0 Å². The minimum atomic E-state index is 0.950. The Morgan fingerprint density at radius 1 is 1.18 bits per heavy atom. The van der Waals surface area contributed by atoms with Gasteiger partial charge in [0.1, 0.15) is 0 Å². The molecule has 92 valence electrons. The summed E-state index contributed by atoms with van der Waals surface area (Å²) in [6, 6.07) is 4.31. The summed E-state index contributed by atoms with van der Waals surface area (Å²) in [5.41, 5.74) is 2.39. The molecule has 0 spiro atoms. The van der Waals surface area contributed by atoms with Gasteiger partial charge in [-0.1, -0.05) is 0 Å². The summed E-state index contributed by atoms with van der Waals surface area (Å²) in [5, 5.41) is 3.38. The topological polar surface area (TPSA) is 28.2 Å². The molecule has 0 radical (unpaired) electrons. The Morgan fingerprint density at radius 3 is 2.47 bits per heavy atom. The van der Waals surface area contributed by atoms with Gasteiger partial charge in [0, 0.05) is 18.8 Å². The third-order valence-electron chi connectivity index (χ3n) is 4.28. The molecule has 0 aliphatic carbocycles. The Labute approximate surface area is 103 Å². The summed E-state index contributed by atoms with van der Waals surface area (Å²) in [5.74, 6) is 1.90. The summed E-state index contributed by atoms with van der Waals surface area (Å²) in [6.45, 7) is 6.94. The van der Waals surface area contributed by atoms with Gasteiger partial charge < -0.3 is 10.2 Å². The number of hydrogen-bond acceptors (Lipinski definition) is 3. The predicted molar refractivity (Wildman–Crippen MR) is 70.3 cm³/mol. The van der Waals surface area contributed by atoms with Crippen LogP contribution in [-0.4, -0.2) is 31.2 Å². The summed E-state index contributed by atoms with van der Waals surface area (Å²) in [7, 11) is 0. The van der Waals surface area contributed by atoms with Crippen LogP contribution in [-0.2, 0) is 0 Å². The minimum absolute atomic E-state index is 0.950. The zero-order chi connectivity index (χ0) is 11.7. The number of piperidine rings is 1. The van der Waals surface area contributed by atoms with Crippen LogP contribution in [0.1, 0.15) is 18.5 Å². The standard InChI is InChI=1S/C14H21N3/c1-11-2-3-14(10-16-11)17-6-4-12(5-7-17)13-8-15-9-13/h2-3,10,12-13,15H,4-9H2,1H3. The lowest BCUT2D eigenvalue weighted by Gasteiger charge is -2.41. The Balaban J connectivity index is 1.58. The number of hydrogen-bond donors (Lipinski definition) is 1. The van der Waals surface area contributed by atoms with Crippen LogP contribution in [0.15, 0.2) is 18.3 Å². The summed E-state index contributed by atoms with van der Waals surface area (Å²) < 4.78 is 0. The molecular weight excluding hydrogens is 210 g/mol. The first kappa shape index (κ1) is 11.0. The van der Waals surface area contributed by atoms with Crippen molar-refractivity contribution in [2.75, 3.05) is 31.1 Å². The van der Waals surface area contributed by atoms with Gasteiger partial charge in [0.05, 0.1) is 11.9 Å². The van der Waals surface area contributed by atoms with Crippen molar-refractivity contribution in [2.24, 2.45) is 11.8 Å². The lowest BCUT2D eigenvalue weighted by Crippen LogP contribution is -2.49. The van der Waals surface area contributed by atoms with Crippen LogP contribution >= 0.6 is 0 Å². The van der Waals surface area contributed by atoms with E-state index in [1.54, 1.807) is 0 Å². The van der Waals surface area contributed by atoms with Crippen LogP contribution in [0.2, 0.25) is 0 Å². The Morgan fingerprint density at radius 2 is 1.94 bits per heavy atom. The Kier molecular flexibility index (Phi) is 3.02. The van der Waals surface area contributed by atoms with Crippen LogP contribution in [0.4, 0.5) is 5.69 Å². The van der Waals surface area contributed by atoms with Gasteiger partial charge in [-0.05, 0) is 56.8 Å². The molecule has 2 aliphatic heterocycles. The molecule has 0 saturated carbocycles. The molecule has 3 heterocycles. The SMILES string of the molecule is Cc1ccc(N2CCC(C3CNC3)CC2)cn1. The number of rotatable bonds is 2. The van der Waals surface area contributed by atoms with E-state index >= 15 is 0 Å². The normalized spacial score (nSPS) is 22.5. The molecule has 0 amide bonds. The zero-order valence-electron chi connectivity index (χ0n) is 10.5. The molecule has 2 aliphatic rings. The van der Waals surface area contributed by atoms with Gasteiger partial charge in [-0.25, -0.2) is 0 Å². The first-order chi connectivity index (χ1) is 8.33. The van der Waals surface area contributed by atoms with E-state index in [9.17, 15) is 0 Å². The molecule has 0 aromatic carbocycles. The van der Waals surface area contributed by atoms with Crippen molar-refractivity contribution in [2.45, 2.75) is 19.8 Å². The first-order valence-electron chi connectivity index (χ1n) is 6.71. The highest BCUT2D eigenvalue weighted by atomic mass is 15.1. The highest BCUT2D eigenvalue weighted by Gasteiger charge is 2.30. The molecule has 3 rings (SSSR count). The molecule has 1 aromatic heterocycles. The van der Waals surface area contributed by atoms with E-state index in [1.165, 1.54) is 44.7 Å². The molecule has 3 nitrogen and oxygen atoms in total. The summed E-state index contributed by atoms with van der Waals surface area (Å²) in [6.07, 6.45) is 4.71. The highest BCUT2D eigenvalue weighted by Crippen LogP contribution is 2.29. The quantitative estimate of drug-likeness (QED) is 0.841. The van der Waals surface area contributed by atoms with Crippen LogP contribution in [0.25, 0.3) is 0 Å². The molecule has 0 unspecified atom stereocenters. The maximum atomic E-state index is 4.38. The van der Waals surface area contributed by atoms with Gasteiger partial charge in [-0.15, -0.1) is 0 Å². The average Bonchev–Trinajstić information content (AvgIpc) is 2.29. The van der Waals surface area contributed by atoms with Gasteiger partial charge in [-0.3, -0.25) is 4.98 Å². The van der Waals surface area contributed by atoms with E-state index < -0.39 is 0 Å². The second-order valence-electron chi connectivity index (χ2n) is 5.40. The third kappa shape index (κ3) is 2.29. The molecule has 2 saturated heterocycles. The van der Waals surface area contributed by atoms with Crippen molar-refractivity contribution in [3.63, 3.8) is 0 Å². The lowest BCUT2D eigenvalue weighted by molar-refractivity contribution is 0.200. The Hall–Kier alpha value is -1.09. The van der Waals surface area contributed by atoms with E-state index in [1.807, 2.05) is 13.1 Å². The van der Waals surface area contributed by atoms with Crippen molar-refractivity contribution in [3.8, 4) is 0 Å². The molecule has 0 atom stereocenters. The largest absolute Gasteiger partial charge is 0.370 e. The third-order valence-corrected chi connectivity index (χ3v) is 4.28. The number of aromatic nitrogens is 1. The molecule has 0 bridgehead atoms. The number of nitrogens with zero attached hydrogens (tertiary/aromatic N) is 2. The molecule has 17 heavy (non-hydrogen) atoms. The first-order valence-corrected chi connectivity index (χ1v) is 6.71. The van der Waals surface area contributed by atoms with Crippen molar-refractivity contribution < 1.29 is 0 Å². The molecule has 2 fully saturated rings.